The van der Waals surface area contributed by atoms with Gasteiger partial charge in [-0.25, -0.2) is 0 Å². The molecule has 1 unspecified atom stereocenters. The van der Waals surface area contributed by atoms with Gasteiger partial charge in [0.15, 0.2) is 0 Å². The molecule has 1 atom stereocenters. The molecule has 2 N–H and O–H groups in total. The highest BCUT2D eigenvalue weighted by atomic mass is 16.6. The van der Waals surface area contributed by atoms with E-state index in [0.29, 0.717) is 23.3 Å². The molecule has 0 saturated carbocycles. The van der Waals surface area contributed by atoms with Crippen LogP contribution in [0.25, 0.3) is 0 Å². The predicted molar refractivity (Wildman–Crippen MR) is 102 cm³/mol. The lowest BCUT2D eigenvalue weighted by Crippen LogP contribution is -2.45. The van der Waals surface area contributed by atoms with Gasteiger partial charge in [-0.1, -0.05) is 24.3 Å². The Labute approximate surface area is 162 Å². The Bertz CT molecular complexity index is 883. The van der Waals surface area contributed by atoms with Crippen LogP contribution in [0.5, 0.6) is 5.75 Å². The number of carbonyl (C=O) groups excluding carboxylic acids is 1. The Balaban J connectivity index is 2.13. The van der Waals surface area contributed by atoms with Crippen molar-refractivity contribution in [3.8, 4) is 5.75 Å². The van der Waals surface area contributed by atoms with Crippen LogP contribution in [0.3, 0.4) is 0 Å². The lowest BCUT2D eigenvalue weighted by molar-refractivity contribution is -0.384. The topological polar surface area (TPSA) is 119 Å². The SMILES string of the molecule is COc1cccc(C(C)(CC(=O)O)NC(=O)CCc2cccc([N+](=O)[O-])c2)c1. The number of carboxylic acids is 1. The molecule has 8 heteroatoms. The first-order chi connectivity index (χ1) is 13.2. The van der Waals surface area contributed by atoms with Crippen molar-refractivity contribution >= 4 is 17.6 Å². The first-order valence-electron chi connectivity index (χ1n) is 8.64. The normalized spacial score (nSPS) is 12.6. The maximum Gasteiger partial charge on any atom is 0.306 e. The van der Waals surface area contributed by atoms with Crippen molar-refractivity contribution in [1.29, 1.82) is 0 Å². The van der Waals surface area contributed by atoms with Gasteiger partial charge in [-0.3, -0.25) is 19.7 Å². The molecular formula is C20H22N2O6. The summed E-state index contributed by atoms with van der Waals surface area (Å²) >= 11 is 0. The monoisotopic (exact) mass is 386 g/mol. The first-order valence-corrected chi connectivity index (χ1v) is 8.64. The molecular weight excluding hydrogens is 364 g/mol. The van der Waals surface area contributed by atoms with E-state index in [2.05, 4.69) is 5.32 Å². The summed E-state index contributed by atoms with van der Waals surface area (Å²) in [6.07, 6.45) is 0.0673. The van der Waals surface area contributed by atoms with Crippen molar-refractivity contribution in [1.82, 2.24) is 5.32 Å². The molecule has 8 nitrogen and oxygen atoms in total. The van der Waals surface area contributed by atoms with E-state index in [1.165, 1.54) is 19.2 Å². The molecule has 2 aromatic rings. The number of rotatable bonds is 9. The summed E-state index contributed by atoms with van der Waals surface area (Å²) in [6, 6.07) is 12.9. The van der Waals surface area contributed by atoms with Gasteiger partial charge in [-0.15, -0.1) is 0 Å². The smallest absolute Gasteiger partial charge is 0.306 e. The minimum absolute atomic E-state index is 0.0370. The number of aliphatic carboxylic acids is 1. The molecule has 2 aromatic carbocycles. The summed E-state index contributed by atoms with van der Waals surface area (Å²) in [5.74, 6) is -0.845. The van der Waals surface area contributed by atoms with Crippen LogP contribution >= 0.6 is 0 Å². The number of methoxy groups -OCH3 is 1. The zero-order valence-electron chi connectivity index (χ0n) is 15.7. The number of hydrogen-bond donors (Lipinski definition) is 2. The number of benzene rings is 2. The summed E-state index contributed by atoms with van der Waals surface area (Å²) in [4.78, 5) is 34.2. The van der Waals surface area contributed by atoms with Gasteiger partial charge in [-0.05, 0) is 36.6 Å². The highest BCUT2D eigenvalue weighted by Crippen LogP contribution is 2.28. The number of ether oxygens (including phenoxy) is 1. The third-order valence-corrected chi connectivity index (χ3v) is 4.39. The Hall–Kier alpha value is -3.42. The maximum atomic E-state index is 12.5. The standard InChI is InChI=1S/C20H22N2O6/c1-20(13-19(24)25,15-6-4-8-17(12-15)28-2)21-18(23)10-9-14-5-3-7-16(11-14)22(26)27/h3-8,11-12H,9-10,13H2,1-2H3,(H,21,23)(H,24,25). The van der Waals surface area contributed by atoms with Crippen molar-refractivity contribution in [2.24, 2.45) is 0 Å². The molecule has 0 fully saturated rings. The Morgan fingerprint density at radius 1 is 1.21 bits per heavy atom. The van der Waals surface area contributed by atoms with Crippen LogP contribution in [0.4, 0.5) is 5.69 Å². The van der Waals surface area contributed by atoms with Crippen LogP contribution in [0.2, 0.25) is 0 Å². The molecule has 0 heterocycles. The van der Waals surface area contributed by atoms with Gasteiger partial charge in [0, 0.05) is 18.6 Å². The molecule has 0 aliphatic rings. The molecule has 1 amide bonds. The van der Waals surface area contributed by atoms with Crippen molar-refractivity contribution in [2.45, 2.75) is 31.7 Å². The van der Waals surface area contributed by atoms with Crippen molar-refractivity contribution in [3.63, 3.8) is 0 Å². The van der Waals surface area contributed by atoms with Crippen LogP contribution in [-0.2, 0) is 21.5 Å². The van der Waals surface area contributed by atoms with Crippen molar-refractivity contribution < 1.29 is 24.4 Å². The highest BCUT2D eigenvalue weighted by molar-refractivity contribution is 5.79. The number of amides is 1. The molecule has 148 valence electrons. The number of carboxylic acid groups (broad SMARTS) is 1. The number of nitro groups is 1. The third kappa shape index (κ3) is 5.54. The molecule has 0 aromatic heterocycles. The van der Waals surface area contributed by atoms with E-state index in [9.17, 15) is 24.8 Å². The number of nitrogens with zero attached hydrogens (tertiary/aromatic N) is 1. The maximum absolute atomic E-state index is 12.5. The van der Waals surface area contributed by atoms with Crippen LogP contribution in [0.1, 0.15) is 30.9 Å². The summed E-state index contributed by atoms with van der Waals surface area (Å²) in [5.41, 5.74) is 0.105. The molecule has 0 saturated heterocycles. The largest absolute Gasteiger partial charge is 0.497 e. The van der Waals surface area contributed by atoms with Gasteiger partial charge in [0.1, 0.15) is 5.75 Å². The molecule has 0 aliphatic heterocycles. The van der Waals surface area contributed by atoms with E-state index in [1.807, 2.05) is 0 Å². The lowest BCUT2D eigenvalue weighted by Gasteiger charge is -2.30. The minimum Gasteiger partial charge on any atom is -0.497 e. The van der Waals surface area contributed by atoms with Crippen LogP contribution in [-0.4, -0.2) is 29.0 Å². The van der Waals surface area contributed by atoms with E-state index in [1.54, 1.807) is 43.3 Å². The number of nitro benzene ring substituents is 1. The third-order valence-electron chi connectivity index (χ3n) is 4.39. The fourth-order valence-corrected chi connectivity index (χ4v) is 2.94. The van der Waals surface area contributed by atoms with E-state index in [0.717, 1.165) is 0 Å². The molecule has 28 heavy (non-hydrogen) atoms. The van der Waals surface area contributed by atoms with E-state index >= 15 is 0 Å². The van der Waals surface area contributed by atoms with Crippen LogP contribution < -0.4 is 10.1 Å². The van der Waals surface area contributed by atoms with Gasteiger partial charge in [0.25, 0.3) is 5.69 Å². The molecule has 0 aliphatic carbocycles. The summed E-state index contributed by atoms with van der Waals surface area (Å²) < 4.78 is 5.18. The second kappa shape index (κ2) is 8.98. The average molecular weight is 386 g/mol. The number of nitrogens with one attached hydrogen (secondary N) is 1. The second-order valence-electron chi connectivity index (χ2n) is 6.61. The predicted octanol–water partition coefficient (Wildman–Crippen LogP) is 3.04. The Morgan fingerprint density at radius 3 is 2.57 bits per heavy atom. The fraction of sp³-hybridized carbons (Fsp3) is 0.300. The van der Waals surface area contributed by atoms with Gasteiger partial charge < -0.3 is 15.2 Å². The molecule has 0 spiro atoms. The minimum atomic E-state index is -1.12. The average Bonchev–Trinajstić information content (AvgIpc) is 2.66. The number of carbonyl (C=O) groups is 2. The number of hydrogen-bond acceptors (Lipinski definition) is 5. The quantitative estimate of drug-likeness (QED) is 0.505. The Morgan fingerprint density at radius 2 is 1.93 bits per heavy atom. The second-order valence-corrected chi connectivity index (χ2v) is 6.61. The lowest BCUT2D eigenvalue weighted by atomic mass is 9.88. The Kier molecular flexibility index (Phi) is 6.70. The highest BCUT2D eigenvalue weighted by Gasteiger charge is 2.31. The van der Waals surface area contributed by atoms with Crippen molar-refractivity contribution in [3.05, 3.63) is 69.8 Å². The molecule has 0 radical (unpaired) electrons. The van der Waals surface area contributed by atoms with Crippen LogP contribution in [0.15, 0.2) is 48.5 Å². The summed E-state index contributed by atoms with van der Waals surface area (Å²) in [6.45, 7) is 1.64. The zero-order valence-corrected chi connectivity index (χ0v) is 15.7. The van der Waals surface area contributed by atoms with Gasteiger partial charge >= 0.3 is 5.97 Å². The van der Waals surface area contributed by atoms with E-state index in [-0.39, 0.29) is 24.4 Å². The van der Waals surface area contributed by atoms with E-state index in [4.69, 9.17) is 4.74 Å². The summed E-state index contributed by atoms with van der Waals surface area (Å²) in [7, 11) is 1.51. The summed E-state index contributed by atoms with van der Waals surface area (Å²) in [5, 5.41) is 22.9. The first kappa shape index (κ1) is 20.9. The number of aryl methyl sites for hydroxylation is 1. The zero-order chi connectivity index (χ0) is 20.7. The number of non-ortho nitro benzene ring substituents is 1. The van der Waals surface area contributed by atoms with Crippen molar-refractivity contribution in [2.75, 3.05) is 7.11 Å². The fourth-order valence-electron chi connectivity index (χ4n) is 2.94. The molecule has 0 bridgehead atoms. The van der Waals surface area contributed by atoms with Gasteiger partial charge in [-0.2, -0.15) is 0 Å². The van der Waals surface area contributed by atoms with Gasteiger partial charge in [0.2, 0.25) is 5.91 Å². The van der Waals surface area contributed by atoms with Gasteiger partial charge in [0.05, 0.1) is 24.0 Å². The molecule has 2 rings (SSSR count). The van der Waals surface area contributed by atoms with E-state index < -0.39 is 16.4 Å². The van der Waals surface area contributed by atoms with Crippen LogP contribution in [0, 0.1) is 10.1 Å².